The van der Waals surface area contributed by atoms with Crippen molar-refractivity contribution in [2.75, 3.05) is 0 Å². The van der Waals surface area contributed by atoms with Crippen LogP contribution in [0.3, 0.4) is 0 Å². The highest BCUT2D eigenvalue weighted by atomic mass is 16.3. The first-order chi connectivity index (χ1) is 20.9. The van der Waals surface area contributed by atoms with Crippen LogP contribution in [0.25, 0.3) is 0 Å². The fourth-order valence-electron chi connectivity index (χ4n) is 6.02. The van der Waals surface area contributed by atoms with Gasteiger partial charge in [-0.2, -0.15) is 0 Å². The minimum absolute atomic E-state index is 0.191. The summed E-state index contributed by atoms with van der Waals surface area (Å²) in [5.74, 6) is 3.29. The van der Waals surface area contributed by atoms with Crippen molar-refractivity contribution in [3.63, 3.8) is 0 Å². The van der Waals surface area contributed by atoms with Crippen molar-refractivity contribution in [1.82, 2.24) is 0 Å². The van der Waals surface area contributed by atoms with Gasteiger partial charge in [-0.1, -0.05) is 67.5 Å². The Bertz CT molecular complexity index is 1130. The maximum Gasteiger partial charge on any atom is 0.127 e. The lowest BCUT2D eigenvalue weighted by Gasteiger charge is -2.24. The van der Waals surface area contributed by atoms with E-state index in [0.717, 1.165) is 99.3 Å². The maximum absolute atomic E-state index is 11.2. The molecule has 4 heteroatoms. The summed E-state index contributed by atoms with van der Waals surface area (Å²) in [5, 5.41) is 22.3. The molecule has 0 bridgehead atoms. The Morgan fingerprint density at radius 3 is 1.32 bits per heavy atom. The highest BCUT2D eigenvalue weighted by Gasteiger charge is 2.21. The molecule has 0 aliphatic heterocycles. The van der Waals surface area contributed by atoms with E-state index in [1.807, 2.05) is 12.4 Å². The fourth-order valence-corrected chi connectivity index (χ4v) is 6.02. The van der Waals surface area contributed by atoms with Crippen molar-refractivity contribution >= 4 is 12.4 Å². The Morgan fingerprint density at radius 1 is 0.591 bits per heavy atom. The number of hydrogen-bond donors (Lipinski definition) is 2. The summed E-state index contributed by atoms with van der Waals surface area (Å²) in [7, 11) is 0. The first kappa shape index (κ1) is 35.9. The van der Waals surface area contributed by atoms with E-state index in [0.29, 0.717) is 35.2 Å². The Kier molecular flexibility index (Phi) is 14.5. The fraction of sp³-hybridized carbons (Fsp3) is 0.650. The van der Waals surface area contributed by atoms with E-state index in [2.05, 4.69) is 79.7 Å². The Hall–Kier alpha value is -2.62. The van der Waals surface area contributed by atoms with Crippen LogP contribution in [0.5, 0.6) is 11.5 Å². The molecule has 244 valence electrons. The number of benzene rings is 2. The summed E-state index contributed by atoms with van der Waals surface area (Å²) in [6.07, 6.45) is 16.2. The van der Waals surface area contributed by atoms with E-state index in [9.17, 15) is 10.2 Å². The monoisotopic (exact) mass is 602 g/mol. The van der Waals surface area contributed by atoms with Crippen LogP contribution in [0.1, 0.15) is 140 Å². The highest BCUT2D eigenvalue weighted by molar-refractivity contribution is 5.85. The highest BCUT2D eigenvalue weighted by Crippen LogP contribution is 2.30. The van der Waals surface area contributed by atoms with Gasteiger partial charge in [-0.3, -0.25) is 9.98 Å². The summed E-state index contributed by atoms with van der Waals surface area (Å²) in [4.78, 5) is 10.0. The number of rotatable bonds is 16. The predicted molar refractivity (Wildman–Crippen MR) is 190 cm³/mol. The van der Waals surface area contributed by atoms with Crippen LogP contribution >= 0.6 is 0 Å². The molecule has 1 saturated carbocycles. The zero-order valence-electron chi connectivity index (χ0n) is 29.2. The van der Waals surface area contributed by atoms with E-state index in [4.69, 9.17) is 9.98 Å². The van der Waals surface area contributed by atoms with E-state index in [1.54, 1.807) is 0 Å². The van der Waals surface area contributed by atoms with E-state index >= 15 is 0 Å². The molecule has 1 fully saturated rings. The summed E-state index contributed by atoms with van der Waals surface area (Å²) >= 11 is 0. The van der Waals surface area contributed by atoms with Crippen LogP contribution in [0.4, 0.5) is 0 Å². The molecule has 44 heavy (non-hydrogen) atoms. The lowest BCUT2D eigenvalue weighted by molar-refractivity contribution is 0.397. The average molecular weight is 603 g/mol. The second-order valence-electron chi connectivity index (χ2n) is 15.1. The first-order valence-corrected chi connectivity index (χ1v) is 17.7. The molecule has 2 aromatic carbocycles. The van der Waals surface area contributed by atoms with Gasteiger partial charge in [0.2, 0.25) is 0 Å². The first-order valence-electron chi connectivity index (χ1n) is 17.7. The van der Waals surface area contributed by atoms with Gasteiger partial charge in [0.15, 0.2) is 0 Å². The number of nitrogens with zero attached hydrogens (tertiary/aromatic N) is 2. The Balaban J connectivity index is 1.77. The third kappa shape index (κ3) is 12.1. The number of hydrogen-bond acceptors (Lipinski definition) is 4. The molecule has 2 aromatic rings. The summed E-state index contributed by atoms with van der Waals surface area (Å²) in [6, 6.07) is 9.09. The summed E-state index contributed by atoms with van der Waals surface area (Å²) < 4.78 is 0. The summed E-state index contributed by atoms with van der Waals surface area (Å²) in [6.45, 7) is 18.0. The number of phenols is 2. The van der Waals surface area contributed by atoms with Crippen molar-refractivity contribution < 1.29 is 10.2 Å². The number of phenolic OH excluding ortho intramolecular Hbond substituents is 2. The van der Waals surface area contributed by atoms with Gasteiger partial charge in [0.05, 0.1) is 12.1 Å². The molecule has 2 atom stereocenters. The smallest absolute Gasteiger partial charge is 0.127 e. The Morgan fingerprint density at radius 2 is 0.955 bits per heavy atom. The molecule has 0 amide bonds. The Labute approximate surface area is 269 Å². The third-order valence-electron chi connectivity index (χ3n) is 9.03. The largest absolute Gasteiger partial charge is 0.507 e. The third-order valence-corrected chi connectivity index (χ3v) is 9.03. The van der Waals surface area contributed by atoms with Crippen LogP contribution in [0, 0.1) is 23.7 Å². The van der Waals surface area contributed by atoms with Gasteiger partial charge >= 0.3 is 0 Å². The molecule has 2 N–H and O–H groups in total. The molecular weight excluding hydrogens is 540 g/mol. The predicted octanol–water partition coefficient (Wildman–Crippen LogP) is 10.3. The molecule has 0 spiro atoms. The zero-order chi connectivity index (χ0) is 32.2. The van der Waals surface area contributed by atoms with Crippen LogP contribution < -0.4 is 0 Å². The van der Waals surface area contributed by atoms with Crippen LogP contribution in [0.15, 0.2) is 34.3 Å². The van der Waals surface area contributed by atoms with E-state index < -0.39 is 0 Å². The van der Waals surface area contributed by atoms with Crippen molar-refractivity contribution in [3.8, 4) is 11.5 Å². The molecule has 0 radical (unpaired) electrons. The molecule has 2 unspecified atom stereocenters. The van der Waals surface area contributed by atoms with E-state index in [1.165, 1.54) is 11.1 Å². The van der Waals surface area contributed by atoms with Crippen molar-refractivity contribution in [3.05, 3.63) is 57.6 Å². The quantitative estimate of drug-likeness (QED) is 0.188. The molecular formula is C40H62N2O2. The molecule has 4 nitrogen and oxygen atoms in total. The lowest BCUT2D eigenvalue weighted by Crippen LogP contribution is -2.21. The maximum atomic E-state index is 11.2. The molecule has 1 aliphatic carbocycles. The normalized spacial score (nSPS) is 17.8. The van der Waals surface area contributed by atoms with Crippen molar-refractivity contribution in [2.24, 2.45) is 33.7 Å². The topological polar surface area (TPSA) is 65.2 Å². The van der Waals surface area contributed by atoms with Crippen LogP contribution in [-0.2, 0) is 25.7 Å². The minimum atomic E-state index is 0.191. The van der Waals surface area contributed by atoms with Gasteiger partial charge in [0, 0.05) is 23.6 Å². The van der Waals surface area contributed by atoms with Gasteiger partial charge < -0.3 is 10.2 Å². The van der Waals surface area contributed by atoms with Gasteiger partial charge in [0.1, 0.15) is 11.5 Å². The number of aryl methyl sites for hydroxylation is 4. The molecule has 1 aliphatic rings. The van der Waals surface area contributed by atoms with Crippen molar-refractivity contribution in [2.45, 2.75) is 145 Å². The molecule has 3 rings (SSSR count). The standard InChI is InChI=1S/C40H62N2O2/c1-27(2)12-16-31-20-33(18-14-29(5)6)39(43)35(22-31)25-41-37-10-9-11-38(24-37)42-26-36-23-32(17-13-28(3)4)21-34(40(36)44)19-15-30(7)8/h20-23,25-30,37-38,43-44H,9-19,24H2,1-8H3. The van der Waals surface area contributed by atoms with Gasteiger partial charge in [0.25, 0.3) is 0 Å². The molecule has 0 heterocycles. The SMILES string of the molecule is CC(C)CCc1cc(C=NC2CCCC(N=Cc3cc(CCC(C)C)cc(CCC(C)C)c3O)C2)c(O)c(CCC(C)C)c1. The number of aromatic hydroxyl groups is 2. The second-order valence-corrected chi connectivity index (χ2v) is 15.1. The second kappa shape index (κ2) is 17.8. The average Bonchev–Trinajstić information content (AvgIpc) is 2.97. The van der Waals surface area contributed by atoms with Crippen LogP contribution in [0.2, 0.25) is 0 Å². The number of aliphatic imine (C=N–C) groups is 2. The minimum Gasteiger partial charge on any atom is -0.507 e. The van der Waals surface area contributed by atoms with Crippen molar-refractivity contribution in [1.29, 1.82) is 0 Å². The lowest BCUT2D eigenvalue weighted by atomic mass is 9.91. The van der Waals surface area contributed by atoms with Gasteiger partial charge in [-0.15, -0.1) is 0 Å². The summed E-state index contributed by atoms with van der Waals surface area (Å²) in [5.41, 5.74) is 6.41. The zero-order valence-corrected chi connectivity index (χ0v) is 29.2. The molecule has 0 saturated heterocycles. The van der Waals surface area contributed by atoms with Gasteiger partial charge in [-0.05, 0) is 135 Å². The molecule has 0 aromatic heterocycles. The van der Waals surface area contributed by atoms with Crippen LogP contribution in [-0.4, -0.2) is 34.7 Å². The van der Waals surface area contributed by atoms with Gasteiger partial charge in [-0.25, -0.2) is 0 Å². The van der Waals surface area contributed by atoms with E-state index in [-0.39, 0.29) is 12.1 Å².